The van der Waals surface area contributed by atoms with Gasteiger partial charge in [-0.1, -0.05) is 18.2 Å². The zero-order chi connectivity index (χ0) is 18.5. The number of thiazole rings is 1. The van der Waals surface area contributed by atoms with Crippen molar-refractivity contribution in [2.75, 3.05) is 33.4 Å². The first-order valence-electron chi connectivity index (χ1n) is 8.12. The van der Waals surface area contributed by atoms with Gasteiger partial charge in [0.05, 0.1) is 25.4 Å². The molecule has 0 radical (unpaired) electrons. The number of fused-ring (bicyclic) bond motifs is 1. The number of aliphatic hydroxyl groups excluding tert-OH is 1. The first-order valence-corrected chi connectivity index (χ1v) is 9.00. The third-order valence-corrected chi connectivity index (χ3v) is 4.75. The topological polar surface area (TPSA) is 95.5 Å². The lowest BCUT2D eigenvalue weighted by Crippen LogP contribution is -2.30. The fourth-order valence-corrected chi connectivity index (χ4v) is 3.26. The van der Waals surface area contributed by atoms with E-state index in [1.807, 2.05) is 24.3 Å². The molecule has 0 unspecified atom stereocenters. The van der Waals surface area contributed by atoms with Crippen LogP contribution in [-0.2, 0) is 4.74 Å². The average molecular weight is 373 g/mol. The number of ketones is 1. The van der Waals surface area contributed by atoms with E-state index in [-0.39, 0.29) is 35.6 Å². The summed E-state index contributed by atoms with van der Waals surface area (Å²) >= 11 is 1.16. The Balaban J connectivity index is 1.71. The zero-order valence-electron chi connectivity index (χ0n) is 14.3. The van der Waals surface area contributed by atoms with E-state index in [0.717, 1.165) is 22.2 Å². The number of H-pyrrole nitrogens is 1. The van der Waals surface area contributed by atoms with Crippen LogP contribution in [0.1, 0.15) is 25.9 Å². The molecule has 2 N–H and O–H groups in total. The highest BCUT2D eigenvalue weighted by Crippen LogP contribution is 2.22. The number of ether oxygens (including phenoxy) is 1. The molecule has 7 nitrogen and oxygen atoms in total. The van der Waals surface area contributed by atoms with E-state index in [4.69, 9.17) is 9.84 Å². The zero-order valence-corrected chi connectivity index (χ0v) is 15.1. The van der Waals surface area contributed by atoms with Crippen molar-refractivity contribution >= 4 is 33.9 Å². The van der Waals surface area contributed by atoms with Crippen LogP contribution in [0, 0.1) is 0 Å². The van der Waals surface area contributed by atoms with Crippen molar-refractivity contribution in [1.82, 2.24) is 14.9 Å². The first kappa shape index (κ1) is 18.2. The van der Waals surface area contributed by atoms with E-state index < -0.39 is 0 Å². The van der Waals surface area contributed by atoms with Crippen LogP contribution in [0.5, 0.6) is 0 Å². The fraction of sp³-hybridized carbons (Fsp3) is 0.278. The van der Waals surface area contributed by atoms with Gasteiger partial charge >= 0.3 is 0 Å². The number of likely N-dealkylation sites (N-methyl/N-ethyl adjacent to an activating group) is 1. The maximum atomic E-state index is 12.7. The number of nitrogens with one attached hydrogen (secondary N) is 1. The van der Waals surface area contributed by atoms with Gasteiger partial charge in [-0.05, 0) is 6.07 Å². The van der Waals surface area contributed by atoms with Crippen LogP contribution in [0.4, 0.5) is 0 Å². The molecule has 136 valence electrons. The molecule has 26 heavy (non-hydrogen) atoms. The molecule has 0 atom stereocenters. The SMILES string of the molecule is CN(CCOCCO)C(=O)c1csc(C(=O)c2c[nH]c3ccccc23)n1. The summed E-state index contributed by atoms with van der Waals surface area (Å²) in [6, 6.07) is 7.54. The summed E-state index contributed by atoms with van der Waals surface area (Å²) in [4.78, 5) is 33.9. The van der Waals surface area contributed by atoms with Gasteiger partial charge in [-0.3, -0.25) is 9.59 Å². The smallest absolute Gasteiger partial charge is 0.273 e. The second-order valence-electron chi connectivity index (χ2n) is 5.68. The summed E-state index contributed by atoms with van der Waals surface area (Å²) in [6.45, 7) is 0.890. The van der Waals surface area contributed by atoms with Gasteiger partial charge in [0, 0.05) is 36.1 Å². The van der Waals surface area contributed by atoms with Crippen molar-refractivity contribution in [3.63, 3.8) is 0 Å². The van der Waals surface area contributed by atoms with Gasteiger partial charge in [-0.2, -0.15) is 0 Å². The Kier molecular flexibility index (Phi) is 5.77. The van der Waals surface area contributed by atoms with E-state index in [1.54, 1.807) is 18.6 Å². The van der Waals surface area contributed by atoms with Gasteiger partial charge in [0.2, 0.25) is 5.78 Å². The van der Waals surface area contributed by atoms with E-state index in [2.05, 4.69) is 9.97 Å². The molecule has 0 aliphatic heterocycles. The number of carbonyl (C=O) groups excluding carboxylic acids is 2. The molecule has 0 aliphatic carbocycles. The number of hydrogen-bond donors (Lipinski definition) is 2. The molecule has 0 fully saturated rings. The number of carbonyl (C=O) groups is 2. The number of aliphatic hydroxyl groups is 1. The second kappa shape index (κ2) is 8.22. The Hall–Kier alpha value is -2.55. The van der Waals surface area contributed by atoms with Gasteiger partial charge in [0.15, 0.2) is 5.01 Å². The van der Waals surface area contributed by atoms with Gasteiger partial charge in [-0.25, -0.2) is 4.98 Å². The van der Waals surface area contributed by atoms with Crippen molar-refractivity contribution < 1.29 is 19.4 Å². The summed E-state index contributed by atoms with van der Waals surface area (Å²) in [5.41, 5.74) is 1.66. The number of amides is 1. The number of para-hydroxylation sites is 1. The fourth-order valence-electron chi connectivity index (χ4n) is 2.52. The summed E-state index contributed by atoms with van der Waals surface area (Å²) < 4.78 is 5.15. The van der Waals surface area contributed by atoms with Crippen LogP contribution in [0.3, 0.4) is 0 Å². The Labute approximate surface area is 154 Å². The Bertz CT molecular complexity index is 918. The Morgan fingerprint density at radius 2 is 2.12 bits per heavy atom. The molecular weight excluding hydrogens is 354 g/mol. The third kappa shape index (κ3) is 3.82. The van der Waals surface area contributed by atoms with Crippen LogP contribution < -0.4 is 0 Å². The number of rotatable bonds is 8. The molecule has 0 spiro atoms. The molecule has 0 bridgehead atoms. The minimum atomic E-state index is -0.271. The minimum Gasteiger partial charge on any atom is -0.394 e. The molecule has 3 aromatic rings. The van der Waals surface area contributed by atoms with Crippen molar-refractivity contribution in [2.24, 2.45) is 0 Å². The lowest BCUT2D eigenvalue weighted by Gasteiger charge is -2.15. The number of hydrogen-bond acceptors (Lipinski definition) is 6. The summed E-state index contributed by atoms with van der Waals surface area (Å²) in [5, 5.41) is 11.4. The maximum absolute atomic E-state index is 12.7. The highest BCUT2D eigenvalue weighted by Gasteiger charge is 2.21. The van der Waals surface area contributed by atoms with E-state index in [9.17, 15) is 9.59 Å². The quantitative estimate of drug-likeness (QED) is 0.465. The van der Waals surface area contributed by atoms with Crippen molar-refractivity contribution in [3.05, 3.63) is 52.1 Å². The van der Waals surface area contributed by atoms with Crippen LogP contribution in [0.15, 0.2) is 35.8 Å². The van der Waals surface area contributed by atoms with Crippen LogP contribution in [-0.4, -0.2) is 65.1 Å². The molecule has 0 saturated carbocycles. The van der Waals surface area contributed by atoms with Gasteiger partial charge in [0.1, 0.15) is 5.69 Å². The molecule has 2 aromatic heterocycles. The van der Waals surface area contributed by atoms with Crippen LogP contribution in [0.2, 0.25) is 0 Å². The molecule has 1 aromatic carbocycles. The largest absolute Gasteiger partial charge is 0.394 e. The lowest BCUT2D eigenvalue weighted by molar-refractivity contribution is 0.0615. The molecule has 8 heteroatoms. The summed E-state index contributed by atoms with van der Waals surface area (Å²) in [5.74, 6) is -0.479. The predicted octanol–water partition coefficient (Wildman–Crippen LogP) is 1.94. The molecular formula is C18H19N3O4S. The second-order valence-corrected chi connectivity index (χ2v) is 6.54. The lowest BCUT2D eigenvalue weighted by atomic mass is 10.1. The molecule has 1 amide bonds. The normalized spacial score (nSPS) is 11.0. The number of aromatic amines is 1. The predicted molar refractivity (Wildman–Crippen MR) is 98.7 cm³/mol. The highest BCUT2D eigenvalue weighted by atomic mass is 32.1. The Morgan fingerprint density at radius 1 is 1.31 bits per heavy atom. The van der Waals surface area contributed by atoms with Gasteiger partial charge in [-0.15, -0.1) is 11.3 Å². The van der Waals surface area contributed by atoms with E-state index >= 15 is 0 Å². The average Bonchev–Trinajstić information content (AvgIpc) is 3.31. The number of nitrogens with zero attached hydrogens (tertiary/aromatic N) is 2. The molecule has 0 saturated heterocycles. The van der Waals surface area contributed by atoms with Crippen molar-refractivity contribution in [1.29, 1.82) is 0 Å². The number of benzene rings is 1. The van der Waals surface area contributed by atoms with E-state index in [0.29, 0.717) is 18.7 Å². The molecule has 2 heterocycles. The third-order valence-electron chi connectivity index (χ3n) is 3.90. The summed E-state index contributed by atoms with van der Waals surface area (Å²) in [6.07, 6.45) is 1.67. The first-order chi connectivity index (χ1) is 12.6. The van der Waals surface area contributed by atoms with Gasteiger partial charge < -0.3 is 19.7 Å². The Morgan fingerprint density at radius 3 is 2.92 bits per heavy atom. The molecule has 0 aliphatic rings. The number of aromatic nitrogens is 2. The summed E-state index contributed by atoms with van der Waals surface area (Å²) in [7, 11) is 1.64. The van der Waals surface area contributed by atoms with Crippen LogP contribution >= 0.6 is 11.3 Å². The minimum absolute atomic E-state index is 0.0525. The standard InChI is InChI=1S/C18H19N3O4S/c1-21(6-8-25-9-7-22)18(24)15-11-26-17(20-15)16(23)13-10-19-14-5-3-2-4-12(13)14/h2-5,10-11,19,22H,6-9H2,1H3. The van der Waals surface area contributed by atoms with Crippen LogP contribution in [0.25, 0.3) is 10.9 Å². The maximum Gasteiger partial charge on any atom is 0.273 e. The monoisotopic (exact) mass is 373 g/mol. The van der Waals surface area contributed by atoms with E-state index in [1.165, 1.54) is 4.90 Å². The highest BCUT2D eigenvalue weighted by molar-refractivity contribution is 7.12. The molecule has 3 rings (SSSR count). The van der Waals surface area contributed by atoms with Crippen molar-refractivity contribution in [2.45, 2.75) is 0 Å². The van der Waals surface area contributed by atoms with Gasteiger partial charge in [0.25, 0.3) is 5.91 Å². The van der Waals surface area contributed by atoms with Crippen molar-refractivity contribution in [3.8, 4) is 0 Å².